The first-order chi connectivity index (χ1) is 7.60. The molecule has 0 aliphatic heterocycles. The first-order valence-electron chi connectivity index (χ1n) is 5.49. The Bertz CT molecular complexity index is 344. The molecule has 0 bridgehead atoms. The van der Waals surface area contributed by atoms with E-state index in [9.17, 15) is 4.39 Å². The van der Waals surface area contributed by atoms with Gasteiger partial charge in [-0.25, -0.2) is 4.39 Å². The van der Waals surface area contributed by atoms with Crippen LogP contribution in [0, 0.1) is 11.7 Å². The van der Waals surface area contributed by atoms with E-state index in [2.05, 4.69) is 35.2 Å². The summed E-state index contributed by atoms with van der Waals surface area (Å²) in [7, 11) is 0. The fraction of sp³-hybridized carbons (Fsp3) is 0.500. The normalized spacial score (nSPS) is 14.8. The van der Waals surface area contributed by atoms with Crippen LogP contribution in [0.5, 0.6) is 0 Å². The Balaban J connectivity index is 2.82. The Hall–Kier alpha value is -0.450. The molecular formula is C12H18BrFN2. The molecule has 1 aromatic rings. The van der Waals surface area contributed by atoms with Crippen molar-refractivity contribution in [1.82, 2.24) is 5.43 Å². The van der Waals surface area contributed by atoms with E-state index in [1.54, 1.807) is 6.07 Å². The summed E-state index contributed by atoms with van der Waals surface area (Å²) < 4.78 is 13.9. The highest BCUT2D eigenvalue weighted by atomic mass is 79.9. The second-order valence-corrected chi connectivity index (χ2v) is 4.87. The van der Waals surface area contributed by atoms with Crippen molar-refractivity contribution in [1.29, 1.82) is 0 Å². The smallest absolute Gasteiger partial charge is 0.137 e. The van der Waals surface area contributed by atoms with Crippen molar-refractivity contribution in [2.24, 2.45) is 11.8 Å². The molecule has 0 heterocycles. The van der Waals surface area contributed by atoms with Gasteiger partial charge in [-0.05, 0) is 39.9 Å². The third-order valence-corrected chi connectivity index (χ3v) is 3.90. The molecule has 0 saturated heterocycles. The minimum Gasteiger partial charge on any atom is -0.271 e. The lowest BCUT2D eigenvalue weighted by atomic mass is 9.93. The van der Waals surface area contributed by atoms with Crippen LogP contribution in [0.15, 0.2) is 22.7 Å². The standard InChI is InChI=1S/C12H18BrFN2/c1-3-8(2)11(16-15)7-9-5-4-6-10(14)12(9)13/h4-6,8,11,16H,3,7,15H2,1-2H3. The highest BCUT2D eigenvalue weighted by Crippen LogP contribution is 2.23. The van der Waals surface area contributed by atoms with E-state index in [4.69, 9.17) is 5.84 Å². The first-order valence-corrected chi connectivity index (χ1v) is 6.28. The Morgan fingerprint density at radius 2 is 2.19 bits per heavy atom. The van der Waals surface area contributed by atoms with Crippen LogP contribution in [0.4, 0.5) is 4.39 Å². The summed E-state index contributed by atoms with van der Waals surface area (Å²) in [5.41, 5.74) is 3.75. The van der Waals surface area contributed by atoms with E-state index in [1.807, 2.05) is 6.07 Å². The number of nitrogens with two attached hydrogens (primary N) is 1. The van der Waals surface area contributed by atoms with Gasteiger partial charge >= 0.3 is 0 Å². The fourth-order valence-corrected chi connectivity index (χ4v) is 2.08. The van der Waals surface area contributed by atoms with E-state index in [0.717, 1.165) is 18.4 Å². The maximum Gasteiger partial charge on any atom is 0.137 e. The number of nitrogens with one attached hydrogen (secondary N) is 1. The molecule has 2 atom stereocenters. The molecule has 16 heavy (non-hydrogen) atoms. The summed E-state index contributed by atoms with van der Waals surface area (Å²) in [6.07, 6.45) is 1.77. The Morgan fingerprint density at radius 3 is 2.75 bits per heavy atom. The molecule has 0 radical (unpaired) electrons. The summed E-state index contributed by atoms with van der Waals surface area (Å²) in [5, 5.41) is 0. The minimum atomic E-state index is -0.225. The summed E-state index contributed by atoms with van der Waals surface area (Å²) in [4.78, 5) is 0. The predicted molar refractivity (Wildman–Crippen MR) is 68.4 cm³/mol. The van der Waals surface area contributed by atoms with Gasteiger partial charge in [0.2, 0.25) is 0 Å². The second-order valence-electron chi connectivity index (χ2n) is 4.08. The highest BCUT2D eigenvalue weighted by Gasteiger charge is 2.16. The van der Waals surface area contributed by atoms with Gasteiger partial charge in [0.15, 0.2) is 0 Å². The third kappa shape index (κ3) is 3.27. The fourth-order valence-electron chi connectivity index (χ4n) is 1.65. The molecule has 1 aromatic carbocycles. The van der Waals surface area contributed by atoms with Crippen LogP contribution in [0.25, 0.3) is 0 Å². The van der Waals surface area contributed by atoms with Crippen molar-refractivity contribution in [2.75, 3.05) is 0 Å². The molecule has 2 nitrogen and oxygen atoms in total. The van der Waals surface area contributed by atoms with E-state index >= 15 is 0 Å². The van der Waals surface area contributed by atoms with Crippen LogP contribution in [0.1, 0.15) is 25.8 Å². The SMILES string of the molecule is CCC(C)C(Cc1cccc(F)c1Br)NN. The van der Waals surface area contributed by atoms with Gasteiger partial charge in [0.25, 0.3) is 0 Å². The Labute approximate surface area is 105 Å². The van der Waals surface area contributed by atoms with Crippen LogP contribution < -0.4 is 11.3 Å². The van der Waals surface area contributed by atoms with E-state index in [0.29, 0.717) is 10.4 Å². The van der Waals surface area contributed by atoms with Gasteiger partial charge in [0.1, 0.15) is 5.82 Å². The lowest BCUT2D eigenvalue weighted by molar-refractivity contribution is 0.369. The summed E-state index contributed by atoms with van der Waals surface area (Å²) in [5.74, 6) is 5.76. The molecule has 0 spiro atoms. The largest absolute Gasteiger partial charge is 0.271 e. The number of hydrazine groups is 1. The zero-order valence-electron chi connectivity index (χ0n) is 9.63. The van der Waals surface area contributed by atoms with Crippen molar-refractivity contribution in [2.45, 2.75) is 32.7 Å². The summed E-state index contributed by atoms with van der Waals surface area (Å²) >= 11 is 3.27. The summed E-state index contributed by atoms with van der Waals surface area (Å²) in [6, 6.07) is 5.25. The van der Waals surface area contributed by atoms with Crippen molar-refractivity contribution >= 4 is 15.9 Å². The molecule has 0 saturated carbocycles. The molecule has 4 heteroatoms. The lowest BCUT2D eigenvalue weighted by Gasteiger charge is -2.22. The Morgan fingerprint density at radius 1 is 1.50 bits per heavy atom. The number of halogens is 2. The minimum absolute atomic E-state index is 0.170. The van der Waals surface area contributed by atoms with Gasteiger partial charge in [0, 0.05) is 6.04 Å². The van der Waals surface area contributed by atoms with E-state index < -0.39 is 0 Å². The molecule has 0 aliphatic carbocycles. The second kappa shape index (κ2) is 6.33. The highest BCUT2D eigenvalue weighted by molar-refractivity contribution is 9.10. The van der Waals surface area contributed by atoms with Crippen LogP contribution >= 0.6 is 15.9 Å². The molecular weight excluding hydrogens is 271 g/mol. The molecule has 0 aliphatic rings. The monoisotopic (exact) mass is 288 g/mol. The first kappa shape index (κ1) is 13.6. The maximum absolute atomic E-state index is 13.3. The molecule has 90 valence electrons. The van der Waals surface area contributed by atoms with Crippen molar-refractivity contribution in [3.05, 3.63) is 34.1 Å². The Kier molecular flexibility index (Phi) is 5.38. The average Bonchev–Trinajstić information content (AvgIpc) is 2.30. The van der Waals surface area contributed by atoms with E-state index in [-0.39, 0.29) is 11.9 Å². The lowest BCUT2D eigenvalue weighted by Crippen LogP contribution is -2.41. The topological polar surface area (TPSA) is 38.0 Å². The van der Waals surface area contributed by atoms with Crippen molar-refractivity contribution in [3.8, 4) is 0 Å². The van der Waals surface area contributed by atoms with Gasteiger partial charge in [-0.1, -0.05) is 32.4 Å². The van der Waals surface area contributed by atoms with Crippen molar-refractivity contribution in [3.63, 3.8) is 0 Å². The molecule has 0 aromatic heterocycles. The zero-order chi connectivity index (χ0) is 12.1. The number of hydrogen-bond acceptors (Lipinski definition) is 2. The molecule has 0 amide bonds. The molecule has 0 fully saturated rings. The molecule has 2 unspecified atom stereocenters. The zero-order valence-corrected chi connectivity index (χ0v) is 11.2. The quantitative estimate of drug-likeness (QED) is 0.646. The average molecular weight is 289 g/mol. The van der Waals surface area contributed by atoms with Crippen molar-refractivity contribution < 1.29 is 4.39 Å². The number of rotatable bonds is 5. The van der Waals surface area contributed by atoms with E-state index in [1.165, 1.54) is 6.07 Å². The van der Waals surface area contributed by atoms with Gasteiger partial charge in [0.05, 0.1) is 4.47 Å². The maximum atomic E-state index is 13.3. The van der Waals surface area contributed by atoms with Gasteiger partial charge in [-0.3, -0.25) is 11.3 Å². The summed E-state index contributed by atoms with van der Waals surface area (Å²) in [6.45, 7) is 4.26. The van der Waals surface area contributed by atoms with Gasteiger partial charge in [-0.15, -0.1) is 0 Å². The van der Waals surface area contributed by atoms with Crippen LogP contribution in [-0.2, 0) is 6.42 Å². The third-order valence-electron chi connectivity index (χ3n) is 3.02. The van der Waals surface area contributed by atoms with Gasteiger partial charge < -0.3 is 0 Å². The number of benzene rings is 1. The van der Waals surface area contributed by atoms with Crippen LogP contribution in [0.2, 0.25) is 0 Å². The predicted octanol–water partition coefficient (Wildman–Crippen LogP) is 3.01. The number of hydrogen-bond donors (Lipinski definition) is 2. The van der Waals surface area contributed by atoms with Gasteiger partial charge in [-0.2, -0.15) is 0 Å². The van der Waals surface area contributed by atoms with Crippen LogP contribution in [-0.4, -0.2) is 6.04 Å². The van der Waals surface area contributed by atoms with Crippen LogP contribution in [0.3, 0.4) is 0 Å². The molecule has 3 N–H and O–H groups in total. The molecule has 1 rings (SSSR count).